The molecule has 160 valence electrons. The second-order valence-electron chi connectivity index (χ2n) is 7.31. The number of piperazine rings is 1. The van der Waals surface area contributed by atoms with Crippen LogP contribution in [0.25, 0.3) is 0 Å². The lowest BCUT2D eigenvalue weighted by Gasteiger charge is -2.35. The second-order valence-corrected chi connectivity index (χ2v) is 7.31. The molecule has 0 N–H and O–H groups in total. The molecular formula is C20H21F3N4O3. The maximum absolute atomic E-state index is 12.9. The highest BCUT2D eigenvalue weighted by molar-refractivity contribution is 5.98. The number of aromatic nitrogens is 2. The Morgan fingerprint density at radius 1 is 0.900 bits per heavy atom. The number of halogens is 3. The van der Waals surface area contributed by atoms with Crippen LogP contribution in [0, 0.1) is 0 Å². The molecular weight excluding hydrogens is 401 g/mol. The van der Waals surface area contributed by atoms with E-state index in [2.05, 4.69) is 9.84 Å². The molecule has 10 heteroatoms. The summed E-state index contributed by atoms with van der Waals surface area (Å²) < 4.78 is 43.7. The molecule has 0 bridgehead atoms. The minimum Gasteiger partial charge on any atom is -0.405 e. The summed E-state index contributed by atoms with van der Waals surface area (Å²) in [5.41, 5.74) is 1.39. The largest absolute Gasteiger partial charge is 0.573 e. The third kappa shape index (κ3) is 4.12. The minimum absolute atomic E-state index is 0.119. The number of para-hydroxylation sites is 1. The third-order valence-corrected chi connectivity index (χ3v) is 5.41. The van der Waals surface area contributed by atoms with Crippen LogP contribution in [-0.2, 0) is 13.0 Å². The molecule has 30 heavy (non-hydrogen) atoms. The third-order valence-electron chi connectivity index (χ3n) is 5.41. The van der Waals surface area contributed by atoms with E-state index in [4.69, 9.17) is 0 Å². The molecule has 3 heterocycles. The van der Waals surface area contributed by atoms with E-state index in [9.17, 15) is 22.8 Å². The zero-order chi connectivity index (χ0) is 21.3. The Labute approximate surface area is 171 Å². The number of amides is 2. The van der Waals surface area contributed by atoms with Crippen LogP contribution in [0.1, 0.15) is 39.3 Å². The Balaban J connectivity index is 1.42. The lowest BCUT2D eigenvalue weighted by Crippen LogP contribution is -2.50. The van der Waals surface area contributed by atoms with Crippen LogP contribution in [-0.4, -0.2) is 63.9 Å². The summed E-state index contributed by atoms with van der Waals surface area (Å²) in [6.07, 6.45) is -0.400. The van der Waals surface area contributed by atoms with Gasteiger partial charge in [0.25, 0.3) is 11.8 Å². The van der Waals surface area contributed by atoms with Gasteiger partial charge in [0.15, 0.2) is 0 Å². The van der Waals surface area contributed by atoms with Crippen molar-refractivity contribution in [3.8, 4) is 5.75 Å². The van der Waals surface area contributed by atoms with E-state index in [1.54, 1.807) is 11.1 Å². The molecule has 2 aliphatic rings. The molecule has 0 saturated carbocycles. The Morgan fingerprint density at radius 3 is 2.20 bits per heavy atom. The van der Waals surface area contributed by atoms with E-state index in [-0.39, 0.29) is 24.6 Å². The van der Waals surface area contributed by atoms with Crippen LogP contribution in [0.4, 0.5) is 13.2 Å². The standard InChI is InChI=1S/C20H21F3N4O3/c21-20(22,23)30-17-7-2-1-5-14(17)18(28)25-9-11-26(12-10-25)19(29)15-13-24-27-8-4-3-6-16(15)27/h1-2,5,7,13H,3-4,6,8-12H2. The lowest BCUT2D eigenvalue weighted by molar-refractivity contribution is -0.274. The molecule has 0 unspecified atom stereocenters. The van der Waals surface area contributed by atoms with E-state index >= 15 is 0 Å². The van der Waals surface area contributed by atoms with E-state index in [0.29, 0.717) is 18.7 Å². The van der Waals surface area contributed by atoms with Gasteiger partial charge in [0.1, 0.15) is 5.75 Å². The fourth-order valence-corrected chi connectivity index (χ4v) is 3.91. The number of nitrogens with zero attached hydrogens (tertiary/aromatic N) is 4. The zero-order valence-corrected chi connectivity index (χ0v) is 16.2. The first-order chi connectivity index (χ1) is 14.3. The summed E-state index contributed by atoms with van der Waals surface area (Å²) in [6.45, 7) is 1.88. The molecule has 1 aromatic heterocycles. The smallest absolute Gasteiger partial charge is 0.405 e. The van der Waals surface area contributed by atoms with Gasteiger partial charge in [0, 0.05) is 32.7 Å². The predicted molar refractivity (Wildman–Crippen MR) is 100 cm³/mol. The van der Waals surface area contributed by atoms with E-state index in [1.807, 2.05) is 4.68 Å². The van der Waals surface area contributed by atoms with Gasteiger partial charge < -0.3 is 14.5 Å². The number of carbonyl (C=O) groups is 2. The average molecular weight is 422 g/mol. The SMILES string of the molecule is O=C(c1ccccc1OC(F)(F)F)N1CCN(C(=O)c2cnn3c2CCCC3)CC1. The van der Waals surface area contributed by atoms with Gasteiger partial charge >= 0.3 is 6.36 Å². The Hall–Kier alpha value is -3.04. The Morgan fingerprint density at radius 2 is 1.53 bits per heavy atom. The van der Waals surface area contributed by atoms with Crippen molar-refractivity contribution < 1.29 is 27.5 Å². The first kappa shape index (κ1) is 20.2. The van der Waals surface area contributed by atoms with Crippen LogP contribution in [0.3, 0.4) is 0 Å². The van der Waals surface area contributed by atoms with Crippen LogP contribution in [0.15, 0.2) is 30.5 Å². The summed E-state index contributed by atoms with van der Waals surface area (Å²) >= 11 is 0. The maximum Gasteiger partial charge on any atom is 0.573 e. The number of hydrogen-bond donors (Lipinski definition) is 0. The van der Waals surface area contributed by atoms with Crippen molar-refractivity contribution in [1.29, 1.82) is 0 Å². The van der Waals surface area contributed by atoms with Gasteiger partial charge in [0.2, 0.25) is 0 Å². The number of rotatable bonds is 3. The Bertz CT molecular complexity index is 949. The van der Waals surface area contributed by atoms with Crippen molar-refractivity contribution in [3.63, 3.8) is 0 Å². The van der Waals surface area contributed by atoms with Crippen molar-refractivity contribution in [3.05, 3.63) is 47.3 Å². The monoisotopic (exact) mass is 422 g/mol. The summed E-state index contributed by atoms with van der Waals surface area (Å²) in [4.78, 5) is 28.8. The van der Waals surface area contributed by atoms with Gasteiger partial charge in [-0.3, -0.25) is 14.3 Å². The van der Waals surface area contributed by atoms with Crippen LogP contribution < -0.4 is 4.74 Å². The highest BCUT2D eigenvalue weighted by Crippen LogP contribution is 2.27. The molecule has 4 rings (SSSR count). The fraction of sp³-hybridized carbons (Fsp3) is 0.450. The molecule has 1 saturated heterocycles. The van der Waals surface area contributed by atoms with Crippen molar-refractivity contribution in [2.45, 2.75) is 32.2 Å². The summed E-state index contributed by atoms with van der Waals surface area (Å²) in [5.74, 6) is -1.20. The average Bonchev–Trinajstić information content (AvgIpc) is 3.16. The van der Waals surface area contributed by atoms with Gasteiger partial charge in [-0.2, -0.15) is 5.10 Å². The van der Waals surface area contributed by atoms with Crippen molar-refractivity contribution >= 4 is 11.8 Å². The lowest BCUT2D eigenvalue weighted by atomic mass is 10.1. The van der Waals surface area contributed by atoms with Crippen LogP contribution in [0.2, 0.25) is 0 Å². The minimum atomic E-state index is -4.88. The number of benzene rings is 1. The van der Waals surface area contributed by atoms with Gasteiger partial charge in [0.05, 0.1) is 23.0 Å². The molecule has 0 atom stereocenters. The van der Waals surface area contributed by atoms with Gasteiger partial charge in [-0.05, 0) is 31.4 Å². The summed E-state index contributed by atoms with van der Waals surface area (Å²) in [6, 6.07) is 5.28. The van der Waals surface area contributed by atoms with E-state index in [1.165, 1.54) is 23.1 Å². The second kappa shape index (κ2) is 8.00. The molecule has 2 aromatic rings. The van der Waals surface area contributed by atoms with Gasteiger partial charge in [-0.1, -0.05) is 12.1 Å². The van der Waals surface area contributed by atoms with Crippen molar-refractivity contribution in [1.82, 2.24) is 19.6 Å². The first-order valence-corrected chi connectivity index (χ1v) is 9.81. The summed E-state index contributed by atoms with van der Waals surface area (Å²) in [7, 11) is 0. The van der Waals surface area contributed by atoms with Crippen LogP contribution in [0.5, 0.6) is 5.75 Å². The van der Waals surface area contributed by atoms with Gasteiger partial charge in [-0.25, -0.2) is 0 Å². The molecule has 2 amide bonds. The topological polar surface area (TPSA) is 67.7 Å². The molecule has 1 aromatic carbocycles. The maximum atomic E-state index is 12.9. The number of ether oxygens (including phenoxy) is 1. The van der Waals surface area contributed by atoms with E-state index < -0.39 is 18.0 Å². The van der Waals surface area contributed by atoms with Crippen molar-refractivity contribution in [2.24, 2.45) is 0 Å². The van der Waals surface area contributed by atoms with Crippen LogP contribution >= 0.6 is 0 Å². The predicted octanol–water partition coefficient (Wildman–Crippen LogP) is 2.72. The number of alkyl halides is 3. The van der Waals surface area contributed by atoms with Crippen molar-refractivity contribution in [2.75, 3.05) is 26.2 Å². The molecule has 7 nitrogen and oxygen atoms in total. The summed E-state index contributed by atoms with van der Waals surface area (Å²) in [5, 5.41) is 4.29. The highest BCUT2D eigenvalue weighted by atomic mass is 19.4. The number of hydrogen-bond acceptors (Lipinski definition) is 4. The molecule has 1 fully saturated rings. The first-order valence-electron chi connectivity index (χ1n) is 9.81. The highest BCUT2D eigenvalue weighted by Gasteiger charge is 2.34. The molecule has 2 aliphatic heterocycles. The molecule has 0 spiro atoms. The fourth-order valence-electron chi connectivity index (χ4n) is 3.91. The Kier molecular flexibility index (Phi) is 5.40. The molecule has 0 radical (unpaired) electrons. The quantitative estimate of drug-likeness (QED) is 0.763. The van der Waals surface area contributed by atoms with Gasteiger partial charge in [-0.15, -0.1) is 13.2 Å². The number of aryl methyl sites for hydroxylation is 1. The molecule has 0 aliphatic carbocycles. The van der Waals surface area contributed by atoms with E-state index in [0.717, 1.165) is 37.6 Å². The number of fused-ring (bicyclic) bond motifs is 1. The normalized spacial score (nSPS) is 16.9. The zero-order valence-electron chi connectivity index (χ0n) is 16.2. The number of carbonyl (C=O) groups excluding carboxylic acids is 2.